The Hall–Kier alpha value is -0.590. The molecule has 6 heteroatoms. The molecule has 1 aromatic rings. The maximum Gasteiger partial charge on any atom is 0.163 e. The van der Waals surface area contributed by atoms with E-state index in [-0.39, 0.29) is 0 Å². The minimum Gasteiger partial charge on any atom is -0.399 e. The topological polar surface area (TPSA) is 80.4 Å². The first-order chi connectivity index (χ1) is 6.82. The number of hydrogen-bond donors (Lipinski definition) is 2. The standard InChI is InChI=1S/C9H12BrNO3S/c1-15(13,14)9(10)8(12)6-2-4-7(11)5-3-6/h2-5,8-9,12H,11H2,1H3/t8-,9-/m1/s1. The van der Waals surface area contributed by atoms with E-state index in [4.69, 9.17) is 5.73 Å². The van der Waals surface area contributed by atoms with E-state index in [9.17, 15) is 13.5 Å². The second-order valence-electron chi connectivity index (χ2n) is 3.29. The predicted octanol–water partition coefficient (Wildman–Crippen LogP) is 1.07. The van der Waals surface area contributed by atoms with Gasteiger partial charge in [0.2, 0.25) is 0 Å². The molecule has 1 aromatic carbocycles. The third-order valence-corrected chi connectivity index (χ3v) is 5.55. The van der Waals surface area contributed by atoms with Gasteiger partial charge in [-0.25, -0.2) is 8.42 Å². The van der Waals surface area contributed by atoms with Crippen molar-refractivity contribution in [2.24, 2.45) is 0 Å². The minimum absolute atomic E-state index is 0.511. The summed E-state index contributed by atoms with van der Waals surface area (Å²) in [4.78, 5) is 0. The zero-order valence-corrected chi connectivity index (χ0v) is 10.5. The molecule has 0 amide bonds. The monoisotopic (exact) mass is 293 g/mol. The van der Waals surface area contributed by atoms with E-state index in [0.717, 1.165) is 6.26 Å². The van der Waals surface area contributed by atoms with Gasteiger partial charge in [-0.15, -0.1) is 0 Å². The number of alkyl halides is 1. The molecule has 1 rings (SSSR count). The van der Waals surface area contributed by atoms with E-state index in [2.05, 4.69) is 15.9 Å². The number of benzene rings is 1. The molecule has 3 N–H and O–H groups in total. The molecule has 0 fully saturated rings. The summed E-state index contributed by atoms with van der Waals surface area (Å²) in [6, 6.07) is 6.42. The van der Waals surface area contributed by atoms with Crippen LogP contribution in [0.4, 0.5) is 5.69 Å². The highest BCUT2D eigenvalue weighted by molar-refractivity contribution is 9.11. The molecule has 15 heavy (non-hydrogen) atoms. The number of nitrogen functional groups attached to an aromatic ring is 1. The van der Waals surface area contributed by atoms with E-state index in [0.29, 0.717) is 11.3 Å². The normalized spacial score (nSPS) is 15.9. The Kier molecular flexibility index (Phi) is 3.75. The molecule has 0 saturated heterocycles. The molecular formula is C9H12BrNO3S. The van der Waals surface area contributed by atoms with E-state index in [1.165, 1.54) is 0 Å². The van der Waals surface area contributed by atoms with Crippen molar-refractivity contribution in [3.05, 3.63) is 29.8 Å². The van der Waals surface area contributed by atoms with Crippen molar-refractivity contribution in [2.75, 3.05) is 12.0 Å². The summed E-state index contributed by atoms with van der Waals surface area (Å²) in [5, 5.41) is 9.75. The molecule has 0 aliphatic rings. The van der Waals surface area contributed by atoms with Gasteiger partial charge in [-0.1, -0.05) is 28.1 Å². The smallest absolute Gasteiger partial charge is 0.163 e. The molecule has 0 aromatic heterocycles. The van der Waals surface area contributed by atoms with Gasteiger partial charge in [0.15, 0.2) is 9.84 Å². The van der Waals surface area contributed by atoms with E-state index < -0.39 is 20.1 Å². The van der Waals surface area contributed by atoms with Crippen molar-refractivity contribution in [3.63, 3.8) is 0 Å². The molecule has 0 bridgehead atoms. The summed E-state index contributed by atoms with van der Waals surface area (Å²) in [7, 11) is -3.32. The number of hydrogen-bond acceptors (Lipinski definition) is 4. The molecule has 0 aliphatic heterocycles. The fourth-order valence-electron chi connectivity index (χ4n) is 1.08. The Labute approximate surface area is 97.2 Å². The van der Waals surface area contributed by atoms with Gasteiger partial charge in [0, 0.05) is 11.9 Å². The van der Waals surface area contributed by atoms with Crippen LogP contribution in [0.2, 0.25) is 0 Å². The van der Waals surface area contributed by atoms with Crippen molar-refractivity contribution < 1.29 is 13.5 Å². The lowest BCUT2D eigenvalue weighted by atomic mass is 10.1. The lowest BCUT2D eigenvalue weighted by Crippen LogP contribution is -2.21. The highest BCUT2D eigenvalue weighted by Crippen LogP contribution is 2.26. The fourth-order valence-corrected chi connectivity index (χ4v) is 2.01. The van der Waals surface area contributed by atoms with Gasteiger partial charge in [0.05, 0.1) is 0 Å². The van der Waals surface area contributed by atoms with E-state index in [1.807, 2.05) is 0 Å². The molecule has 0 saturated carbocycles. The number of aliphatic hydroxyl groups excluding tert-OH is 1. The molecule has 0 unspecified atom stereocenters. The average Bonchev–Trinajstić information content (AvgIpc) is 2.15. The second-order valence-corrected chi connectivity index (χ2v) is 7.05. The van der Waals surface area contributed by atoms with Gasteiger partial charge < -0.3 is 10.8 Å². The van der Waals surface area contributed by atoms with E-state index >= 15 is 0 Å². The Balaban J connectivity index is 2.95. The summed E-state index contributed by atoms with van der Waals surface area (Å²) in [6.07, 6.45) is -0.0342. The van der Waals surface area contributed by atoms with Crippen molar-refractivity contribution in [3.8, 4) is 0 Å². The summed E-state index contributed by atoms with van der Waals surface area (Å²) in [5.41, 5.74) is 6.55. The third kappa shape index (κ3) is 3.19. The van der Waals surface area contributed by atoms with Gasteiger partial charge in [0.25, 0.3) is 0 Å². The average molecular weight is 294 g/mol. The Morgan fingerprint density at radius 1 is 1.33 bits per heavy atom. The molecule has 4 nitrogen and oxygen atoms in total. The van der Waals surface area contributed by atoms with Crippen LogP contribution < -0.4 is 5.73 Å². The van der Waals surface area contributed by atoms with Crippen LogP contribution in [0.3, 0.4) is 0 Å². The Morgan fingerprint density at radius 2 is 1.80 bits per heavy atom. The summed E-state index contributed by atoms with van der Waals surface area (Å²) in [6.45, 7) is 0. The maximum atomic E-state index is 11.2. The number of halogens is 1. The first-order valence-corrected chi connectivity index (χ1v) is 7.06. The highest BCUT2D eigenvalue weighted by Gasteiger charge is 2.26. The van der Waals surface area contributed by atoms with Gasteiger partial charge in [0.1, 0.15) is 10.3 Å². The van der Waals surface area contributed by atoms with Crippen LogP contribution in [-0.2, 0) is 9.84 Å². The van der Waals surface area contributed by atoms with Crippen molar-refractivity contribution in [1.29, 1.82) is 0 Å². The molecule has 0 spiro atoms. The highest BCUT2D eigenvalue weighted by atomic mass is 79.9. The van der Waals surface area contributed by atoms with Gasteiger partial charge in [-0.3, -0.25) is 0 Å². The Morgan fingerprint density at radius 3 is 2.20 bits per heavy atom. The van der Waals surface area contributed by atoms with Crippen LogP contribution in [-0.4, -0.2) is 23.9 Å². The molecule has 0 heterocycles. The Bertz CT molecular complexity index is 429. The van der Waals surface area contributed by atoms with E-state index in [1.54, 1.807) is 24.3 Å². The van der Waals surface area contributed by atoms with Crippen LogP contribution in [0.25, 0.3) is 0 Å². The van der Waals surface area contributed by atoms with Crippen molar-refractivity contribution in [2.45, 2.75) is 10.3 Å². The van der Waals surface area contributed by atoms with Crippen molar-refractivity contribution in [1.82, 2.24) is 0 Å². The zero-order chi connectivity index (χ0) is 11.6. The van der Waals surface area contributed by atoms with Gasteiger partial charge in [-0.2, -0.15) is 0 Å². The maximum absolute atomic E-state index is 11.2. The first kappa shape index (κ1) is 12.5. The molecular weight excluding hydrogens is 282 g/mol. The van der Waals surface area contributed by atoms with Gasteiger partial charge >= 0.3 is 0 Å². The van der Waals surface area contributed by atoms with Crippen LogP contribution in [0.1, 0.15) is 11.7 Å². The quantitative estimate of drug-likeness (QED) is 0.645. The molecule has 84 valence electrons. The SMILES string of the molecule is CS(=O)(=O)[C@@H](Br)[C@H](O)c1ccc(N)cc1. The molecule has 0 radical (unpaired) electrons. The van der Waals surface area contributed by atoms with Crippen molar-refractivity contribution >= 4 is 31.5 Å². The predicted molar refractivity (Wildman–Crippen MR) is 63.4 cm³/mol. The van der Waals surface area contributed by atoms with Crippen LogP contribution in [0.5, 0.6) is 0 Å². The third-order valence-electron chi connectivity index (χ3n) is 1.94. The zero-order valence-electron chi connectivity index (χ0n) is 8.09. The number of anilines is 1. The number of aliphatic hydroxyl groups is 1. The van der Waals surface area contributed by atoms with Crippen LogP contribution in [0.15, 0.2) is 24.3 Å². The number of sulfone groups is 1. The number of rotatable bonds is 3. The first-order valence-electron chi connectivity index (χ1n) is 4.19. The number of nitrogens with two attached hydrogens (primary N) is 1. The van der Waals surface area contributed by atoms with Crippen LogP contribution in [0, 0.1) is 0 Å². The van der Waals surface area contributed by atoms with Crippen LogP contribution >= 0.6 is 15.9 Å². The molecule has 0 aliphatic carbocycles. The summed E-state index contributed by atoms with van der Waals surface area (Å²) >= 11 is 2.95. The lowest BCUT2D eigenvalue weighted by molar-refractivity contribution is 0.195. The summed E-state index contributed by atoms with van der Waals surface area (Å²) < 4.78 is 21.4. The largest absolute Gasteiger partial charge is 0.399 e. The minimum atomic E-state index is -3.32. The fraction of sp³-hybridized carbons (Fsp3) is 0.333. The van der Waals surface area contributed by atoms with Gasteiger partial charge in [-0.05, 0) is 17.7 Å². The molecule has 2 atom stereocenters. The summed E-state index contributed by atoms with van der Waals surface area (Å²) in [5.74, 6) is 0. The lowest BCUT2D eigenvalue weighted by Gasteiger charge is -2.15. The second kappa shape index (κ2) is 4.51.